The Hall–Kier alpha value is -1.07. The fraction of sp³-hybridized carbons (Fsp3) is 0.273. The molecule has 2 N–H and O–H groups in total. The SMILES string of the molecule is CC(C)(NC(=O)c1cc(Cl)ccc1Br)C(=O)O. The van der Waals surface area contributed by atoms with E-state index in [0.717, 1.165) is 0 Å². The summed E-state index contributed by atoms with van der Waals surface area (Å²) in [7, 11) is 0. The summed E-state index contributed by atoms with van der Waals surface area (Å²) in [5.74, 6) is -1.60. The van der Waals surface area contributed by atoms with Crippen LogP contribution in [0, 0.1) is 0 Å². The Balaban J connectivity index is 2.98. The van der Waals surface area contributed by atoms with Crippen molar-refractivity contribution in [3.8, 4) is 0 Å². The van der Waals surface area contributed by atoms with Crippen molar-refractivity contribution in [3.63, 3.8) is 0 Å². The van der Waals surface area contributed by atoms with Crippen molar-refractivity contribution in [2.75, 3.05) is 0 Å². The lowest BCUT2D eigenvalue weighted by Gasteiger charge is -2.21. The van der Waals surface area contributed by atoms with E-state index in [0.29, 0.717) is 15.1 Å². The zero-order valence-corrected chi connectivity index (χ0v) is 11.6. The molecule has 0 bridgehead atoms. The molecule has 1 amide bonds. The monoisotopic (exact) mass is 319 g/mol. The quantitative estimate of drug-likeness (QED) is 0.900. The predicted molar refractivity (Wildman–Crippen MR) is 68.3 cm³/mol. The van der Waals surface area contributed by atoms with Gasteiger partial charge in [0.25, 0.3) is 5.91 Å². The number of amides is 1. The maximum atomic E-state index is 11.9. The first kappa shape index (κ1) is 14.0. The Morgan fingerprint density at radius 1 is 1.41 bits per heavy atom. The lowest BCUT2D eigenvalue weighted by molar-refractivity contribution is -0.143. The zero-order valence-electron chi connectivity index (χ0n) is 9.25. The number of carbonyl (C=O) groups is 2. The van der Waals surface area contributed by atoms with Crippen molar-refractivity contribution >= 4 is 39.4 Å². The molecular weight excluding hydrogens is 309 g/mol. The molecule has 0 spiro atoms. The second-order valence-electron chi connectivity index (χ2n) is 4.01. The minimum atomic E-state index is -1.33. The third kappa shape index (κ3) is 3.44. The van der Waals surface area contributed by atoms with Crippen LogP contribution in [0.25, 0.3) is 0 Å². The smallest absolute Gasteiger partial charge is 0.328 e. The average Bonchev–Trinajstić information content (AvgIpc) is 2.20. The lowest BCUT2D eigenvalue weighted by Crippen LogP contribution is -2.49. The van der Waals surface area contributed by atoms with Crippen LogP contribution in [0.15, 0.2) is 22.7 Å². The largest absolute Gasteiger partial charge is 0.480 e. The maximum absolute atomic E-state index is 11.9. The fourth-order valence-electron chi connectivity index (χ4n) is 1.08. The molecule has 17 heavy (non-hydrogen) atoms. The number of aliphatic carboxylic acids is 1. The number of rotatable bonds is 3. The minimum Gasteiger partial charge on any atom is -0.480 e. The second-order valence-corrected chi connectivity index (χ2v) is 5.30. The van der Waals surface area contributed by atoms with Gasteiger partial charge in [-0.15, -0.1) is 0 Å². The predicted octanol–water partition coefficient (Wildman–Crippen LogP) is 2.70. The molecule has 1 aromatic carbocycles. The van der Waals surface area contributed by atoms with Gasteiger partial charge in [-0.2, -0.15) is 0 Å². The standard InChI is InChI=1S/C11H11BrClNO3/c1-11(2,10(16)17)14-9(15)7-5-6(13)3-4-8(7)12/h3-5H,1-2H3,(H,14,15)(H,16,17). The Kier molecular flexibility index (Phi) is 4.16. The van der Waals surface area contributed by atoms with E-state index in [1.54, 1.807) is 12.1 Å². The zero-order chi connectivity index (χ0) is 13.2. The van der Waals surface area contributed by atoms with Gasteiger partial charge in [-0.1, -0.05) is 11.6 Å². The normalized spacial score (nSPS) is 11.1. The van der Waals surface area contributed by atoms with E-state index in [1.807, 2.05) is 0 Å². The topological polar surface area (TPSA) is 66.4 Å². The van der Waals surface area contributed by atoms with E-state index in [1.165, 1.54) is 19.9 Å². The van der Waals surface area contributed by atoms with Crippen LogP contribution in [0.1, 0.15) is 24.2 Å². The van der Waals surface area contributed by atoms with Gasteiger partial charge < -0.3 is 10.4 Å². The Labute approximate surface area is 112 Å². The fourth-order valence-corrected chi connectivity index (χ4v) is 1.67. The van der Waals surface area contributed by atoms with Crippen LogP contribution in [0.5, 0.6) is 0 Å². The molecule has 4 nitrogen and oxygen atoms in total. The molecular formula is C11H11BrClNO3. The first-order chi connectivity index (χ1) is 7.74. The van der Waals surface area contributed by atoms with E-state index in [-0.39, 0.29) is 0 Å². The van der Waals surface area contributed by atoms with Crippen molar-refractivity contribution < 1.29 is 14.7 Å². The van der Waals surface area contributed by atoms with Gasteiger partial charge in [0, 0.05) is 9.50 Å². The van der Waals surface area contributed by atoms with Crippen molar-refractivity contribution in [1.29, 1.82) is 0 Å². The third-order valence-electron chi connectivity index (χ3n) is 2.13. The number of hydrogen-bond donors (Lipinski definition) is 2. The van der Waals surface area contributed by atoms with Crippen LogP contribution in [0.3, 0.4) is 0 Å². The molecule has 0 aromatic heterocycles. The number of hydrogen-bond acceptors (Lipinski definition) is 2. The van der Waals surface area contributed by atoms with E-state index in [2.05, 4.69) is 21.2 Å². The summed E-state index contributed by atoms with van der Waals surface area (Å²) in [6.07, 6.45) is 0. The third-order valence-corrected chi connectivity index (χ3v) is 3.06. The second kappa shape index (κ2) is 5.06. The van der Waals surface area contributed by atoms with Crippen LogP contribution >= 0.6 is 27.5 Å². The summed E-state index contributed by atoms with van der Waals surface area (Å²) in [5.41, 5.74) is -1.04. The molecule has 0 atom stereocenters. The number of carboxylic acids is 1. The van der Waals surface area contributed by atoms with Crippen LogP contribution in [0.2, 0.25) is 5.02 Å². The van der Waals surface area contributed by atoms with Gasteiger partial charge >= 0.3 is 5.97 Å². The molecule has 0 aliphatic carbocycles. The lowest BCUT2D eigenvalue weighted by atomic mass is 10.1. The molecule has 6 heteroatoms. The molecule has 92 valence electrons. The first-order valence-electron chi connectivity index (χ1n) is 4.75. The number of carboxylic acid groups (broad SMARTS) is 1. The molecule has 1 rings (SSSR count). The van der Waals surface area contributed by atoms with Gasteiger partial charge in [0.15, 0.2) is 0 Å². The van der Waals surface area contributed by atoms with Crippen LogP contribution in [0.4, 0.5) is 0 Å². The molecule has 0 heterocycles. The van der Waals surface area contributed by atoms with Gasteiger partial charge in [0.2, 0.25) is 0 Å². The van der Waals surface area contributed by atoms with Gasteiger partial charge in [0.1, 0.15) is 5.54 Å². The van der Waals surface area contributed by atoms with E-state index < -0.39 is 17.4 Å². The molecule has 0 fully saturated rings. The Bertz CT molecular complexity index is 474. The summed E-state index contributed by atoms with van der Waals surface area (Å²) in [4.78, 5) is 22.8. The highest BCUT2D eigenvalue weighted by Crippen LogP contribution is 2.21. The summed E-state index contributed by atoms with van der Waals surface area (Å²) >= 11 is 8.99. The van der Waals surface area contributed by atoms with Crippen LogP contribution < -0.4 is 5.32 Å². The Morgan fingerprint density at radius 2 is 2.00 bits per heavy atom. The van der Waals surface area contributed by atoms with Crippen molar-refractivity contribution in [2.24, 2.45) is 0 Å². The van der Waals surface area contributed by atoms with Crippen molar-refractivity contribution in [3.05, 3.63) is 33.3 Å². The number of nitrogens with one attached hydrogen (secondary N) is 1. The molecule has 0 radical (unpaired) electrons. The number of carbonyl (C=O) groups excluding carboxylic acids is 1. The highest BCUT2D eigenvalue weighted by molar-refractivity contribution is 9.10. The van der Waals surface area contributed by atoms with Gasteiger partial charge in [0.05, 0.1) is 5.56 Å². The average molecular weight is 321 g/mol. The first-order valence-corrected chi connectivity index (χ1v) is 5.92. The van der Waals surface area contributed by atoms with E-state index in [4.69, 9.17) is 16.7 Å². The molecule has 0 saturated heterocycles. The van der Waals surface area contributed by atoms with Gasteiger partial charge in [-0.05, 0) is 48.0 Å². The van der Waals surface area contributed by atoms with Gasteiger partial charge in [-0.3, -0.25) is 4.79 Å². The minimum absolute atomic E-state index is 0.298. The maximum Gasteiger partial charge on any atom is 0.328 e. The van der Waals surface area contributed by atoms with E-state index >= 15 is 0 Å². The summed E-state index contributed by atoms with van der Waals surface area (Å²) < 4.78 is 0.556. The van der Waals surface area contributed by atoms with Crippen molar-refractivity contribution in [1.82, 2.24) is 5.32 Å². The highest BCUT2D eigenvalue weighted by Gasteiger charge is 2.29. The number of halogens is 2. The van der Waals surface area contributed by atoms with Crippen LogP contribution in [-0.4, -0.2) is 22.5 Å². The van der Waals surface area contributed by atoms with Gasteiger partial charge in [-0.25, -0.2) is 4.79 Å². The number of benzene rings is 1. The van der Waals surface area contributed by atoms with Crippen LogP contribution in [-0.2, 0) is 4.79 Å². The van der Waals surface area contributed by atoms with E-state index in [9.17, 15) is 9.59 Å². The highest BCUT2D eigenvalue weighted by atomic mass is 79.9. The molecule has 1 aromatic rings. The molecule has 0 aliphatic rings. The molecule has 0 saturated carbocycles. The molecule has 0 unspecified atom stereocenters. The summed E-state index contributed by atoms with van der Waals surface area (Å²) in [5, 5.41) is 11.7. The van der Waals surface area contributed by atoms with Crippen molar-refractivity contribution in [2.45, 2.75) is 19.4 Å². The Morgan fingerprint density at radius 3 is 2.53 bits per heavy atom. The summed E-state index contributed by atoms with van der Waals surface area (Å²) in [6.45, 7) is 2.82. The summed E-state index contributed by atoms with van der Waals surface area (Å²) in [6, 6.07) is 4.73. The molecule has 0 aliphatic heterocycles.